The second-order valence-corrected chi connectivity index (χ2v) is 10.6. The predicted octanol–water partition coefficient (Wildman–Crippen LogP) is 9.60. The number of benzene rings is 1. The highest BCUT2D eigenvalue weighted by Crippen LogP contribution is 2.41. The topological polar surface area (TPSA) is 0 Å². The Labute approximate surface area is 192 Å². The molecule has 0 aliphatic heterocycles. The first-order valence-electron chi connectivity index (χ1n) is 13.6. The van der Waals surface area contributed by atoms with E-state index < -0.39 is 0 Å². The highest BCUT2D eigenvalue weighted by atomic mass is 19.1. The lowest BCUT2D eigenvalue weighted by molar-refractivity contribution is 0.185. The van der Waals surface area contributed by atoms with Crippen molar-refractivity contribution >= 4 is 0 Å². The minimum atomic E-state index is 0.0150. The molecule has 174 valence electrons. The summed E-state index contributed by atoms with van der Waals surface area (Å²) in [5, 5.41) is 0. The van der Waals surface area contributed by atoms with Gasteiger partial charge >= 0.3 is 0 Å². The number of halogens is 1. The molecule has 0 heterocycles. The summed E-state index contributed by atoms with van der Waals surface area (Å²) in [5.74, 6) is 2.95. The van der Waals surface area contributed by atoms with Crippen molar-refractivity contribution < 1.29 is 4.39 Å². The summed E-state index contributed by atoms with van der Waals surface area (Å²) >= 11 is 0. The fraction of sp³-hybridized carbons (Fsp3) is 0.733. The van der Waals surface area contributed by atoms with Gasteiger partial charge in [-0.3, -0.25) is 0 Å². The molecule has 0 saturated heterocycles. The van der Waals surface area contributed by atoms with Gasteiger partial charge in [-0.1, -0.05) is 89.0 Å². The molecule has 1 aromatic rings. The summed E-state index contributed by atoms with van der Waals surface area (Å²) in [7, 11) is 0. The average molecular weight is 427 g/mol. The van der Waals surface area contributed by atoms with Crippen LogP contribution < -0.4 is 0 Å². The van der Waals surface area contributed by atoms with E-state index in [2.05, 4.69) is 26.0 Å². The predicted molar refractivity (Wildman–Crippen MR) is 133 cm³/mol. The Kier molecular flexibility index (Phi) is 10.6. The van der Waals surface area contributed by atoms with Crippen LogP contribution in [-0.2, 0) is 12.8 Å². The summed E-state index contributed by atoms with van der Waals surface area (Å²) < 4.78 is 14.5. The van der Waals surface area contributed by atoms with Crippen LogP contribution in [0.3, 0.4) is 0 Å². The molecule has 1 atom stereocenters. The van der Waals surface area contributed by atoms with Crippen molar-refractivity contribution in [3.05, 3.63) is 46.8 Å². The molecule has 31 heavy (non-hydrogen) atoms. The van der Waals surface area contributed by atoms with Crippen LogP contribution in [0.25, 0.3) is 0 Å². The molecule has 0 amide bonds. The standard InChI is InChI=1S/C30H47F/c1-3-5-7-8-10-29-22-17-26(23-30(29)31)12-11-25-15-20-28(21-16-25)27-18-13-24(14-19-27)9-6-4-2/h15,17,22-24,27-28H,3-14,16,18-21H2,1-2H3/t24-,27-,28?. The highest BCUT2D eigenvalue weighted by Gasteiger charge is 2.28. The zero-order valence-corrected chi connectivity index (χ0v) is 20.4. The summed E-state index contributed by atoms with van der Waals surface area (Å²) in [6.07, 6.45) is 24.5. The van der Waals surface area contributed by atoms with E-state index in [1.54, 1.807) is 11.6 Å². The molecule has 3 rings (SSSR count). The molecule has 2 aliphatic rings. The minimum Gasteiger partial charge on any atom is -0.207 e. The molecule has 0 radical (unpaired) electrons. The fourth-order valence-electron chi connectivity index (χ4n) is 6.00. The van der Waals surface area contributed by atoms with Gasteiger partial charge in [-0.2, -0.15) is 0 Å². The van der Waals surface area contributed by atoms with E-state index in [0.717, 1.165) is 49.0 Å². The summed E-state index contributed by atoms with van der Waals surface area (Å²) in [6.45, 7) is 4.54. The smallest absolute Gasteiger partial charge is 0.126 e. The van der Waals surface area contributed by atoms with E-state index >= 15 is 0 Å². The van der Waals surface area contributed by atoms with Crippen LogP contribution in [0.2, 0.25) is 0 Å². The zero-order valence-electron chi connectivity index (χ0n) is 20.4. The van der Waals surface area contributed by atoms with Crippen molar-refractivity contribution in [3.8, 4) is 0 Å². The van der Waals surface area contributed by atoms with E-state index in [9.17, 15) is 4.39 Å². The molecule has 1 fully saturated rings. The van der Waals surface area contributed by atoms with Gasteiger partial charge in [-0.15, -0.1) is 0 Å². The van der Waals surface area contributed by atoms with Crippen LogP contribution in [0, 0.1) is 23.6 Å². The van der Waals surface area contributed by atoms with Crippen LogP contribution in [0.5, 0.6) is 0 Å². The van der Waals surface area contributed by atoms with Crippen molar-refractivity contribution in [2.24, 2.45) is 17.8 Å². The molecule has 0 N–H and O–H groups in total. The summed E-state index contributed by atoms with van der Waals surface area (Å²) in [6, 6.07) is 6.01. The van der Waals surface area contributed by atoms with Crippen LogP contribution in [-0.4, -0.2) is 0 Å². The van der Waals surface area contributed by atoms with Crippen molar-refractivity contribution in [1.29, 1.82) is 0 Å². The lowest BCUT2D eigenvalue weighted by atomic mass is 9.70. The molecule has 1 heteroatoms. The van der Waals surface area contributed by atoms with Crippen LogP contribution in [0.15, 0.2) is 29.8 Å². The third-order valence-corrected chi connectivity index (χ3v) is 8.22. The normalized spacial score (nSPS) is 24.2. The Hall–Kier alpha value is -1.11. The van der Waals surface area contributed by atoms with E-state index in [-0.39, 0.29) is 5.82 Å². The molecular weight excluding hydrogens is 379 g/mol. The Balaban J connectivity index is 1.38. The van der Waals surface area contributed by atoms with Gasteiger partial charge in [0.25, 0.3) is 0 Å². The van der Waals surface area contributed by atoms with E-state index in [0.29, 0.717) is 0 Å². The second-order valence-electron chi connectivity index (χ2n) is 10.6. The minimum absolute atomic E-state index is 0.0150. The van der Waals surface area contributed by atoms with Crippen LogP contribution >= 0.6 is 0 Å². The van der Waals surface area contributed by atoms with Gasteiger partial charge in [0, 0.05) is 0 Å². The Morgan fingerprint density at radius 3 is 2.29 bits per heavy atom. The molecule has 1 saturated carbocycles. The first-order valence-corrected chi connectivity index (χ1v) is 13.6. The van der Waals surface area contributed by atoms with Crippen molar-refractivity contribution in [1.82, 2.24) is 0 Å². The van der Waals surface area contributed by atoms with E-state index in [1.807, 2.05) is 6.07 Å². The molecule has 0 spiro atoms. The molecule has 2 aliphatic carbocycles. The summed E-state index contributed by atoms with van der Waals surface area (Å²) in [5.41, 5.74) is 3.70. The Bertz CT molecular complexity index is 665. The van der Waals surface area contributed by atoms with Gasteiger partial charge < -0.3 is 0 Å². The Morgan fingerprint density at radius 1 is 0.806 bits per heavy atom. The number of unbranched alkanes of at least 4 members (excludes halogenated alkanes) is 4. The van der Waals surface area contributed by atoms with Crippen LogP contribution in [0.4, 0.5) is 4.39 Å². The van der Waals surface area contributed by atoms with Gasteiger partial charge in [0.05, 0.1) is 0 Å². The largest absolute Gasteiger partial charge is 0.207 e. The van der Waals surface area contributed by atoms with Gasteiger partial charge in [0.15, 0.2) is 0 Å². The fourth-order valence-corrected chi connectivity index (χ4v) is 6.00. The number of hydrogen-bond acceptors (Lipinski definition) is 0. The van der Waals surface area contributed by atoms with Crippen molar-refractivity contribution in [2.75, 3.05) is 0 Å². The molecule has 1 aromatic carbocycles. The maximum absolute atomic E-state index is 14.5. The highest BCUT2D eigenvalue weighted by molar-refractivity contribution is 5.25. The van der Waals surface area contributed by atoms with Gasteiger partial charge in [-0.25, -0.2) is 4.39 Å². The maximum atomic E-state index is 14.5. The zero-order chi connectivity index (χ0) is 21.9. The monoisotopic (exact) mass is 426 g/mol. The lowest BCUT2D eigenvalue weighted by Crippen LogP contribution is -2.23. The molecule has 0 aromatic heterocycles. The number of hydrogen-bond donors (Lipinski definition) is 0. The number of allylic oxidation sites excluding steroid dienone is 2. The average Bonchev–Trinajstić information content (AvgIpc) is 2.81. The lowest BCUT2D eigenvalue weighted by Gasteiger charge is -2.35. The van der Waals surface area contributed by atoms with Gasteiger partial charge in [0.1, 0.15) is 5.82 Å². The first kappa shape index (κ1) is 24.5. The van der Waals surface area contributed by atoms with Crippen molar-refractivity contribution in [2.45, 2.75) is 123 Å². The van der Waals surface area contributed by atoms with Gasteiger partial charge in [-0.05, 0) is 92.7 Å². The molecular formula is C30H47F. The molecule has 1 unspecified atom stereocenters. The van der Waals surface area contributed by atoms with Crippen LogP contribution in [0.1, 0.15) is 121 Å². The third-order valence-electron chi connectivity index (χ3n) is 8.22. The second kappa shape index (κ2) is 13.4. The molecule has 0 nitrogen and oxygen atoms in total. The van der Waals surface area contributed by atoms with E-state index in [1.165, 1.54) is 89.0 Å². The third kappa shape index (κ3) is 8.07. The molecule has 0 bridgehead atoms. The Morgan fingerprint density at radius 2 is 1.61 bits per heavy atom. The van der Waals surface area contributed by atoms with Crippen molar-refractivity contribution in [3.63, 3.8) is 0 Å². The SMILES string of the molecule is CCCCCCc1ccc(CCC2=CCC([C@H]3CC[C@H](CCCC)CC3)CC2)cc1F. The first-order chi connectivity index (χ1) is 15.2. The summed E-state index contributed by atoms with van der Waals surface area (Å²) in [4.78, 5) is 0. The van der Waals surface area contributed by atoms with Gasteiger partial charge in [0.2, 0.25) is 0 Å². The number of aryl methyl sites for hydroxylation is 2. The van der Waals surface area contributed by atoms with E-state index in [4.69, 9.17) is 0 Å². The maximum Gasteiger partial charge on any atom is 0.126 e. The number of rotatable bonds is 12. The quantitative estimate of drug-likeness (QED) is 0.230.